The van der Waals surface area contributed by atoms with Crippen LogP contribution in [0.3, 0.4) is 0 Å². The third kappa shape index (κ3) is 3.89. The zero-order valence-electron chi connectivity index (χ0n) is 4.05. The van der Waals surface area contributed by atoms with Crippen molar-refractivity contribution in [2.24, 2.45) is 0 Å². The molecule has 0 saturated heterocycles. The predicted molar refractivity (Wildman–Crippen MR) is 31.8 cm³/mol. The summed E-state index contributed by atoms with van der Waals surface area (Å²) in [6, 6.07) is 0. The molecule has 0 aromatic carbocycles. The van der Waals surface area contributed by atoms with Crippen LogP contribution in [0.25, 0.3) is 0 Å². The van der Waals surface area contributed by atoms with Gasteiger partial charge in [-0.05, 0) is 5.41 Å². The number of hydrogen-bond donors (Lipinski definition) is 1. The van der Waals surface area contributed by atoms with Crippen molar-refractivity contribution in [2.45, 2.75) is 0 Å². The van der Waals surface area contributed by atoms with Crippen LogP contribution < -0.4 is 0 Å². The molecule has 36 valence electrons. The van der Waals surface area contributed by atoms with Crippen molar-refractivity contribution < 1.29 is 0 Å². The van der Waals surface area contributed by atoms with E-state index < -0.39 is 0 Å². The van der Waals surface area contributed by atoms with Crippen LogP contribution in [0.2, 0.25) is 0 Å². The van der Waals surface area contributed by atoms with E-state index in [-0.39, 0.29) is 0 Å². The molecule has 0 saturated carbocycles. The van der Waals surface area contributed by atoms with E-state index in [2.05, 4.69) is 12.6 Å². The molecule has 0 atom stereocenters. The summed E-state index contributed by atoms with van der Waals surface area (Å²) in [5.74, 6) is 0. The molecule has 0 aliphatic heterocycles. The van der Waals surface area contributed by atoms with Gasteiger partial charge in [-0.25, -0.2) is 0 Å². The second-order valence-corrected chi connectivity index (χ2v) is 1.56. The lowest BCUT2D eigenvalue weighted by Gasteiger charge is -1.99. The molecule has 0 radical (unpaired) electrons. The number of rotatable bonds is 1. The number of thiol groups is 1. The van der Waals surface area contributed by atoms with Crippen molar-refractivity contribution in [2.75, 3.05) is 14.1 Å². The molecule has 0 unspecified atom stereocenters. The Bertz CT molecular complexity index is 49.5. The van der Waals surface area contributed by atoms with Crippen LogP contribution in [0, 0.1) is 0 Å². The smallest absolute Gasteiger partial charge is 0.00558 e. The molecule has 0 aliphatic carbocycles. The van der Waals surface area contributed by atoms with Gasteiger partial charge in [-0.1, -0.05) is 0 Å². The zero-order chi connectivity index (χ0) is 4.99. The Morgan fingerprint density at radius 3 is 2.00 bits per heavy atom. The topological polar surface area (TPSA) is 3.24 Å². The second-order valence-electron chi connectivity index (χ2n) is 1.26. The van der Waals surface area contributed by atoms with E-state index in [4.69, 9.17) is 0 Å². The molecule has 0 rings (SSSR count). The summed E-state index contributed by atoms with van der Waals surface area (Å²) in [7, 11) is 3.90. The van der Waals surface area contributed by atoms with Crippen LogP contribution in [0.4, 0.5) is 0 Å². The van der Waals surface area contributed by atoms with E-state index >= 15 is 0 Å². The van der Waals surface area contributed by atoms with Crippen LogP contribution in [-0.4, -0.2) is 19.0 Å². The van der Waals surface area contributed by atoms with E-state index in [9.17, 15) is 0 Å². The van der Waals surface area contributed by atoms with E-state index in [0.717, 1.165) is 0 Å². The third-order valence-corrected chi connectivity index (χ3v) is 0.498. The van der Waals surface area contributed by atoms with Crippen molar-refractivity contribution in [1.82, 2.24) is 4.90 Å². The fraction of sp³-hybridized carbons (Fsp3) is 0.500. The van der Waals surface area contributed by atoms with Gasteiger partial charge in [-0.2, -0.15) is 0 Å². The van der Waals surface area contributed by atoms with Crippen LogP contribution in [0.15, 0.2) is 11.6 Å². The lowest BCUT2D eigenvalue weighted by atomic mass is 10.9. The largest absolute Gasteiger partial charge is 0.383 e. The van der Waals surface area contributed by atoms with Crippen molar-refractivity contribution in [1.29, 1.82) is 0 Å². The first-order valence-corrected chi connectivity index (χ1v) is 2.26. The van der Waals surface area contributed by atoms with Crippen molar-refractivity contribution >= 4 is 12.6 Å². The van der Waals surface area contributed by atoms with Gasteiger partial charge >= 0.3 is 0 Å². The van der Waals surface area contributed by atoms with Crippen LogP contribution in [0.5, 0.6) is 0 Å². The Kier molecular flexibility index (Phi) is 3.04. The van der Waals surface area contributed by atoms with Crippen molar-refractivity contribution in [3.8, 4) is 0 Å². The SMILES string of the molecule is CN(C)C=CS. The molecule has 6 heavy (non-hydrogen) atoms. The third-order valence-electron chi connectivity index (χ3n) is 0.365. The van der Waals surface area contributed by atoms with Gasteiger partial charge in [0.1, 0.15) is 0 Å². The summed E-state index contributed by atoms with van der Waals surface area (Å²) < 4.78 is 0. The van der Waals surface area contributed by atoms with Gasteiger partial charge in [0.15, 0.2) is 0 Å². The first kappa shape index (κ1) is 5.89. The van der Waals surface area contributed by atoms with Gasteiger partial charge in [0.2, 0.25) is 0 Å². The van der Waals surface area contributed by atoms with Gasteiger partial charge in [0.25, 0.3) is 0 Å². The van der Waals surface area contributed by atoms with Gasteiger partial charge in [0.05, 0.1) is 0 Å². The quantitative estimate of drug-likeness (QED) is 0.483. The molecule has 0 bridgehead atoms. The Morgan fingerprint density at radius 2 is 2.00 bits per heavy atom. The summed E-state index contributed by atoms with van der Waals surface area (Å²) >= 11 is 3.84. The lowest BCUT2D eigenvalue weighted by molar-refractivity contribution is 0.565. The molecular weight excluding hydrogens is 94.1 g/mol. The Hall–Kier alpha value is -0.110. The molecular formula is C4H9NS. The van der Waals surface area contributed by atoms with Crippen molar-refractivity contribution in [3.05, 3.63) is 11.6 Å². The fourth-order valence-electron chi connectivity index (χ4n) is 0.133. The maximum Gasteiger partial charge on any atom is 0.00558 e. The van der Waals surface area contributed by atoms with E-state index in [0.29, 0.717) is 0 Å². The Morgan fingerprint density at radius 1 is 1.50 bits per heavy atom. The summed E-state index contributed by atoms with van der Waals surface area (Å²) in [5.41, 5.74) is 0. The molecule has 0 aromatic heterocycles. The predicted octanol–water partition coefficient (Wildman–Crippen LogP) is 0.949. The van der Waals surface area contributed by atoms with Gasteiger partial charge in [-0.3, -0.25) is 0 Å². The first-order chi connectivity index (χ1) is 2.77. The average molecular weight is 103 g/mol. The standard InChI is InChI=1S/C4H9NS/c1-5(2)3-4-6/h3-4,6H,1-2H3. The highest BCUT2D eigenvalue weighted by Gasteiger charge is 1.66. The number of hydrogen-bond acceptors (Lipinski definition) is 2. The fourth-order valence-corrected chi connectivity index (χ4v) is 0.400. The highest BCUT2D eigenvalue weighted by Crippen LogP contribution is 1.77. The normalized spacial score (nSPS) is 9.83. The molecule has 0 amide bonds. The van der Waals surface area contributed by atoms with Gasteiger partial charge in [0, 0.05) is 20.3 Å². The maximum atomic E-state index is 3.84. The monoisotopic (exact) mass is 103 g/mol. The molecule has 0 spiro atoms. The molecule has 0 N–H and O–H groups in total. The van der Waals surface area contributed by atoms with Crippen LogP contribution in [0.1, 0.15) is 0 Å². The highest BCUT2D eigenvalue weighted by molar-refractivity contribution is 7.83. The second kappa shape index (κ2) is 3.09. The van der Waals surface area contributed by atoms with E-state index in [1.165, 1.54) is 0 Å². The molecule has 2 heteroatoms. The molecule has 0 aromatic rings. The van der Waals surface area contributed by atoms with E-state index in [1.807, 2.05) is 25.2 Å². The van der Waals surface area contributed by atoms with E-state index in [1.54, 1.807) is 5.41 Å². The minimum atomic E-state index is 1.69. The Labute approximate surface area is 44.1 Å². The number of nitrogens with zero attached hydrogens (tertiary/aromatic N) is 1. The first-order valence-electron chi connectivity index (χ1n) is 1.74. The van der Waals surface area contributed by atoms with Crippen LogP contribution >= 0.6 is 12.6 Å². The molecule has 0 heterocycles. The van der Waals surface area contributed by atoms with Gasteiger partial charge < -0.3 is 4.90 Å². The Balaban J connectivity index is 3.03. The van der Waals surface area contributed by atoms with Gasteiger partial charge in [-0.15, -0.1) is 12.6 Å². The molecule has 0 aliphatic rings. The lowest BCUT2D eigenvalue weighted by Crippen LogP contribution is -1.98. The highest BCUT2D eigenvalue weighted by atomic mass is 32.1. The minimum absolute atomic E-state index is 1.69. The summed E-state index contributed by atoms with van der Waals surface area (Å²) in [4.78, 5) is 1.92. The average Bonchev–Trinajstić information content (AvgIpc) is 1.35. The summed E-state index contributed by atoms with van der Waals surface area (Å²) in [5, 5.41) is 1.69. The van der Waals surface area contributed by atoms with Crippen LogP contribution in [-0.2, 0) is 0 Å². The summed E-state index contributed by atoms with van der Waals surface area (Å²) in [6.45, 7) is 0. The molecule has 0 fully saturated rings. The van der Waals surface area contributed by atoms with Crippen molar-refractivity contribution in [3.63, 3.8) is 0 Å². The maximum absolute atomic E-state index is 3.84. The molecule has 1 nitrogen and oxygen atoms in total. The summed E-state index contributed by atoms with van der Waals surface area (Å²) in [6.07, 6.45) is 1.86. The zero-order valence-corrected chi connectivity index (χ0v) is 4.94. The minimum Gasteiger partial charge on any atom is -0.383 e.